The Kier molecular flexibility index (Phi) is 4.08. The predicted molar refractivity (Wildman–Crippen MR) is 83.5 cm³/mol. The normalized spacial score (nSPS) is 43.4. The molecule has 0 aromatic carbocycles. The molecule has 0 aromatic rings. The highest BCUT2D eigenvalue weighted by atomic mass is 32.3. The fraction of sp³-hybridized carbons (Fsp3) is 0.909. The number of thiocarbonyl (C=S) groups is 1. The van der Waals surface area contributed by atoms with Crippen molar-refractivity contribution in [2.75, 3.05) is 7.05 Å². The lowest BCUT2D eigenvalue weighted by Crippen LogP contribution is -2.55. The highest BCUT2D eigenvalue weighted by molar-refractivity contribution is 8.16. The molecule has 1 spiro atoms. The second-order valence-electron chi connectivity index (χ2n) is 5.47. The van der Waals surface area contributed by atoms with Crippen molar-refractivity contribution in [1.82, 2.24) is 14.9 Å². The van der Waals surface area contributed by atoms with Crippen LogP contribution in [0.1, 0.15) is 33.6 Å². The van der Waals surface area contributed by atoms with E-state index in [1.165, 1.54) is 0 Å². The maximum atomic E-state index is 12.3. The van der Waals surface area contributed by atoms with Gasteiger partial charge in [-0.15, -0.1) is 11.8 Å². The maximum absolute atomic E-state index is 12.3. The summed E-state index contributed by atoms with van der Waals surface area (Å²) in [4.78, 5) is -0.382. The van der Waals surface area contributed by atoms with Crippen LogP contribution in [0.25, 0.3) is 0 Å². The van der Waals surface area contributed by atoms with Crippen LogP contribution in [-0.2, 0) is 10.0 Å². The predicted octanol–water partition coefficient (Wildman–Crippen LogP) is 1.07. The van der Waals surface area contributed by atoms with E-state index in [0.29, 0.717) is 5.11 Å². The molecule has 3 unspecified atom stereocenters. The van der Waals surface area contributed by atoms with E-state index >= 15 is 0 Å². The fourth-order valence-electron chi connectivity index (χ4n) is 2.88. The summed E-state index contributed by atoms with van der Waals surface area (Å²) in [5, 5.41) is 7.07. The highest BCUT2D eigenvalue weighted by Crippen LogP contribution is 2.50. The van der Waals surface area contributed by atoms with Gasteiger partial charge < -0.3 is 10.6 Å². The minimum Gasteiger partial charge on any atom is -0.360 e. The molecule has 8 heteroatoms. The lowest BCUT2D eigenvalue weighted by Gasteiger charge is -2.40. The van der Waals surface area contributed by atoms with Crippen molar-refractivity contribution in [2.45, 2.75) is 55.1 Å². The molecule has 2 fully saturated rings. The van der Waals surface area contributed by atoms with Crippen molar-refractivity contribution in [3.05, 3.63) is 0 Å². The largest absolute Gasteiger partial charge is 0.360 e. The van der Waals surface area contributed by atoms with E-state index in [-0.39, 0.29) is 21.5 Å². The molecule has 0 amide bonds. The van der Waals surface area contributed by atoms with Crippen molar-refractivity contribution in [1.29, 1.82) is 0 Å². The first-order valence-electron chi connectivity index (χ1n) is 6.40. The monoisotopic (exact) mass is 323 g/mol. The van der Waals surface area contributed by atoms with Crippen LogP contribution < -0.4 is 10.6 Å². The summed E-state index contributed by atoms with van der Waals surface area (Å²) in [7, 11) is -1.49. The van der Waals surface area contributed by atoms with Gasteiger partial charge in [0.05, 0.1) is 4.87 Å². The molecule has 2 aliphatic rings. The Hall–Kier alpha value is -0.0500. The summed E-state index contributed by atoms with van der Waals surface area (Å²) >= 11 is 6.76. The van der Waals surface area contributed by atoms with E-state index in [1.54, 1.807) is 30.0 Å². The van der Waals surface area contributed by atoms with Crippen LogP contribution in [-0.4, -0.2) is 46.4 Å². The smallest absolute Gasteiger partial charge is 0.227 e. The van der Waals surface area contributed by atoms with Crippen molar-refractivity contribution in [3.63, 3.8) is 0 Å². The third-order valence-corrected chi connectivity index (χ3v) is 8.46. The summed E-state index contributed by atoms with van der Waals surface area (Å²) in [5.74, 6) is 0. The Labute approximate surface area is 124 Å². The number of hydrogen-bond donors (Lipinski definition) is 2. The molecule has 2 heterocycles. The molecule has 0 radical (unpaired) electrons. The van der Waals surface area contributed by atoms with E-state index in [2.05, 4.69) is 10.6 Å². The summed E-state index contributed by atoms with van der Waals surface area (Å²) in [6.07, 6.45) is 1.51. The van der Waals surface area contributed by atoms with Crippen molar-refractivity contribution >= 4 is 39.1 Å². The zero-order valence-electron chi connectivity index (χ0n) is 11.6. The summed E-state index contributed by atoms with van der Waals surface area (Å²) in [6, 6.07) is 0.283. The first-order chi connectivity index (χ1) is 8.67. The van der Waals surface area contributed by atoms with Crippen molar-refractivity contribution in [2.24, 2.45) is 0 Å². The minimum absolute atomic E-state index is 0.142. The quantitative estimate of drug-likeness (QED) is 0.650. The maximum Gasteiger partial charge on any atom is 0.227 e. The topological polar surface area (TPSA) is 61.4 Å². The lowest BCUT2D eigenvalue weighted by molar-refractivity contribution is 0.258. The van der Waals surface area contributed by atoms with Crippen LogP contribution in [0, 0.1) is 0 Å². The Bertz CT molecular complexity index is 464. The second-order valence-corrected chi connectivity index (χ2v) is 10.2. The zero-order chi connectivity index (χ0) is 14.4. The molecule has 2 aliphatic heterocycles. The molecule has 2 rings (SSSR count). The van der Waals surface area contributed by atoms with Crippen LogP contribution in [0.4, 0.5) is 0 Å². The van der Waals surface area contributed by atoms with Gasteiger partial charge in [-0.3, -0.25) is 0 Å². The molecule has 110 valence electrons. The summed E-state index contributed by atoms with van der Waals surface area (Å²) < 4.78 is 25.7. The van der Waals surface area contributed by atoms with Gasteiger partial charge in [0, 0.05) is 19.1 Å². The Morgan fingerprint density at radius 3 is 2.11 bits per heavy atom. The van der Waals surface area contributed by atoms with Gasteiger partial charge >= 0.3 is 0 Å². The molecular formula is C11H21N3O2S3. The number of hydrogen-bond acceptors (Lipinski definition) is 4. The van der Waals surface area contributed by atoms with Gasteiger partial charge in [0.2, 0.25) is 10.0 Å². The molecule has 19 heavy (non-hydrogen) atoms. The number of rotatable bonds is 0. The minimum atomic E-state index is -3.19. The molecule has 3 atom stereocenters. The molecule has 0 aliphatic carbocycles. The van der Waals surface area contributed by atoms with Gasteiger partial charge in [-0.2, -0.15) is 4.31 Å². The first-order valence-corrected chi connectivity index (χ1v) is 9.19. The standard InChI is InChI=1S/C11H21N3O2S3/c1-7-5-11(6-8(2)13-10(17)12-7)14(4)19(15,16)9(3)18-11/h7-9H,5-6H2,1-4H3,(H2,12,13,17). The number of sulfonamides is 1. The number of nitrogens with zero attached hydrogens (tertiary/aromatic N) is 1. The van der Waals surface area contributed by atoms with Crippen LogP contribution in [0.2, 0.25) is 0 Å². The van der Waals surface area contributed by atoms with Crippen molar-refractivity contribution < 1.29 is 8.42 Å². The molecule has 2 saturated heterocycles. The average molecular weight is 324 g/mol. The van der Waals surface area contributed by atoms with Crippen LogP contribution in [0.5, 0.6) is 0 Å². The molecule has 0 saturated carbocycles. The van der Waals surface area contributed by atoms with E-state index in [1.807, 2.05) is 13.8 Å². The first kappa shape index (κ1) is 15.3. The zero-order valence-corrected chi connectivity index (χ0v) is 14.1. The third-order valence-electron chi connectivity index (χ3n) is 3.77. The van der Waals surface area contributed by atoms with Gasteiger partial charge in [0.1, 0.15) is 4.58 Å². The molecule has 0 bridgehead atoms. The van der Waals surface area contributed by atoms with Gasteiger partial charge in [0.25, 0.3) is 0 Å². The van der Waals surface area contributed by atoms with E-state index in [0.717, 1.165) is 12.8 Å². The molecule has 5 nitrogen and oxygen atoms in total. The van der Waals surface area contributed by atoms with E-state index in [4.69, 9.17) is 12.2 Å². The van der Waals surface area contributed by atoms with Gasteiger partial charge in [-0.05, 0) is 45.8 Å². The Morgan fingerprint density at radius 1 is 1.26 bits per heavy atom. The second kappa shape index (κ2) is 5.05. The Morgan fingerprint density at radius 2 is 1.74 bits per heavy atom. The number of nitrogens with one attached hydrogen (secondary N) is 2. The Balaban J connectivity index is 2.34. The lowest BCUT2D eigenvalue weighted by atomic mass is 9.99. The SMILES string of the molecule is CC1CC2(CC(C)NC(=S)N1)SC(C)S(=O)(=O)N2C. The van der Waals surface area contributed by atoms with Crippen molar-refractivity contribution in [3.8, 4) is 0 Å². The third kappa shape index (κ3) is 2.72. The van der Waals surface area contributed by atoms with Gasteiger partial charge in [-0.25, -0.2) is 8.42 Å². The van der Waals surface area contributed by atoms with E-state index < -0.39 is 10.0 Å². The molecular weight excluding hydrogens is 302 g/mol. The summed E-state index contributed by atoms with van der Waals surface area (Å²) in [6.45, 7) is 5.84. The fourth-order valence-corrected chi connectivity index (χ4v) is 7.65. The number of thioether (sulfide) groups is 1. The average Bonchev–Trinajstić information content (AvgIpc) is 2.38. The van der Waals surface area contributed by atoms with E-state index in [9.17, 15) is 8.42 Å². The molecule has 0 aromatic heterocycles. The van der Waals surface area contributed by atoms with Crippen LogP contribution in [0.15, 0.2) is 0 Å². The van der Waals surface area contributed by atoms with Crippen LogP contribution >= 0.6 is 24.0 Å². The van der Waals surface area contributed by atoms with Crippen LogP contribution in [0.3, 0.4) is 0 Å². The van der Waals surface area contributed by atoms with Gasteiger partial charge in [-0.1, -0.05) is 0 Å². The molecule has 2 N–H and O–H groups in total. The summed E-state index contributed by atoms with van der Waals surface area (Å²) in [5.41, 5.74) is 0. The van der Waals surface area contributed by atoms with Gasteiger partial charge in [0.15, 0.2) is 5.11 Å². The highest BCUT2D eigenvalue weighted by Gasteiger charge is 2.54.